The van der Waals surface area contributed by atoms with Crippen LogP contribution in [0.4, 0.5) is 9.39 Å². The summed E-state index contributed by atoms with van der Waals surface area (Å²) in [6.07, 6.45) is 1.61. The van der Waals surface area contributed by atoms with Crippen LogP contribution >= 0.6 is 11.3 Å². The van der Waals surface area contributed by atoms with Crippen LogP contribution in [0.3, 0.4) is 0 Å². The number of carbonyl (C=O) groups is 2. The molecule has 2 heterocycles. The van der Waals surface area contributed by atoms with E-state index in [0.717, 1.165) is 29.7 Å². The number of hydrogen-bond donors (Lipinski definition) is 2. The Labute approximate surface area is 208 Å². The predicted molar refractivity (Wildman–Crippen MR) is 135 cm³/mol. The van der Waals surface area contributed by atoms with Crippen molar-refractivity contribution in [3.05, 3.63) is 82.0 Å². The van der Waals surface area contributed by atoms with E-state index in [9.17, 15) is 14.0 Å². The van der Waals surface area contributed by atoms with Gasteiger partial charge in [0.05, 0.1) is 16.5 Å². The molecular formula is C27H29FN2O4S. The molecule has 3 aromatic rings. The van der Waals surface area contributed by atoms with Crippen molar-refractivity contribution in [3.8, 4) is 5.75 Å². The third-order valence-corrected chi connectivity index (χ3v) is 7.41. The highest BCUT2D eigenvalue weighted by Crippen LogP contribution is 2.35. The van der Waals surface area contributed by atoms with Gasteiger partial charge in [0, 0.05) is 30.7 Å². The van der Waals surface area contributed by atoms with Gasteiger partial charge in [0.2, 0.25) is 0 Å². The van der Waals surface area contributed by atoms with Crippen LogP contribution in [0.5, 0.6) is 5.75 Å². The van der Waals surface area contributed by atoms with Crippen molar-refractivity contribution in [2.75, 3.05) is 31.7 Å². The summed E-state index contributed by atoms with van der Waals surface area (Å²) >= 11 is 1.20. The lowest BCUT2D eigenvalue weighted by Gasteiger charge is -2.38. The Bertz CT molecular complexity index is 1190. The summed E-state index contributed by atoms with van der Waals surface area (Å²) in [5.41, 5.74) is 1.91. The molecule has 0 saturated carbocycles. The number of nitrogens with one attached hydrogen (secondary N) is 2. The first-order valence-electron chi connectivity index (χ1n) is 11.7. The standard InChI is InChI=1S/C27H29FN2O4S/c1-3-34-22-9-7-20(8-10-22)27(11-13-33-14-12-27)17-29-26(32)24-18(2)15-23(35-24)30-25(31)19-5-4-6-21(28)16-19/h4-10,15-16H,3,11-14,17H2,1-2H3,(H,29,32)(H,30,31). The maximum atomic E-state index is 13.4. The summed E-state index contributed by atoms with van der Waals surface area (Å²) < 4.78 is 24.6. The molecule has 0 radical (unpaired) electrons. The molecule has 0 bridgehead atoms. The van der Waals surface area contributed by atoms with Gasteiger partial charge in [-0.2, -0.15) is 0 Å². The Morgan fingerprint density at radius 1 is 1.09 bits per heavy atom. The lowest BCUT2D eigenvalue weighted by Crippen LogP contribution is -2.44. The molecule has 0 spiro atoms. The van der Waals surface area contributed by atoms with Crippen molar-refractivity contribution in [1.29, 1.82) is 0 Å². The zero-order valence-electron chi connectivity index (χ0n) is 19.9. The number of rotatable bonds is 8. The van der Waals surface area contributed by atoms with Crippen LogP contribution in [0.15, 0.2) is 54.6 Å². The van der Waals surface area contributed by atoms with Gasteiger partial charge < -0.3 is 20.1 Å². The quantitative estimate of drug-likeness (QED) is 0.442. The zero-order valence-corrected chi connectivity index (χ0v) is 20.7. The molecule has 1 aliphatic heterocycles. The molecule has 184 valence electrons. The van der Waals surface area contributed by atoms with E-state index >= 15 is 0 Å². The molecule has 4 rings (SSSR count). The molecule has 35 heavy (non-hydrogen) atoms. The zero-order chi connectivity index (χ0) is 24.8. The molecule has 6 nitrogen and oxygen atoms in total. The number of ether oxygens (including phenoxy) is 2. The molecule has 0 aliphatic carbocycles. The van der Waals surface area contributed by atoms with Crippen LogP contribution in [0.25, 0.3) is 0 Å². The lowest BCUT2D eigenvalue weighted by molar-refractivity contribution is 0.0487. The van der Waals surface area contributed by atoms with Crippen molar-refractivity contribution < 1.29 is 23.5 Å². The highest BCUT2D eigenvalue weighted by atomic mass is 32.1. The van der Waals surface area contributed by atoms with Crippen molar-refractivity contribution in [2.45, 2.75) is 32.1 Å². The molecule has 0 atom stereocenters. The Hall–Kier alpha value is -3.23. The molecular weight excluding hydrogens is 467 g/mol. The van der Waals surface area contributed by atoms with E-state index in [1.807, 2.05) is 26.0 Å². The second kappa shape index (κ2) is 11.0. The van der Waals surface area contributed by atoms with Crippen molar-refractivity contribution >= 4 is 28.2 Å². The van der Waals surface area contributed by atoms with Gasteiger partial charge in [-0.1, -0.05) is 18.2 Å². The van der Waals surface area contributed by atoms with Crippen molar-refractivity contribution in [3.63, 3.8) is 0 Å². The minimum absolute atomic E-state index is 0.185. The highest BCUT2D eigenvalue weighted by molar-refractivity contribution is 7.18. The van der Waals surface area contributed by atoms with E-state index in [0.29, 0.717) is 36.2 Å². The summed E-state index contributed by atoms with van der Waals surface area (Å²) in [4.78, 5) is 26.1. The second-order valence-electron chi connectivity index (χ2n) is 8.62. The number of carbonyl (C=O) groups excluding carboxylic acids is 2. The van der Waals surface area contributed by atoms with Gasteiger partial charge >= 0.3 is 0 Å². The van der Waals surface area contributed by atoms with Crippen LogP contribution in [-0.2, 0) is 10.2 Å². The SMILES string of the molecule is CCOc1ccc(C2(CNC(=O)c3sc(NC(=O)c4cccc(F)c4)cc3C)CCOCC2)cc1. The van der Waals surface area contributed by atoms with E-state index in [2.05, 4.69) is 22.8 Å². The Morgan fingerprint density at radius 3 is 2.51 bits per heavy atom. The Morgan fingerprint density at radius 2 is 1.83 bits per heavy atom. The summed E-state index contributed by atoms with van der Waals surface area (Å²) in [6.45, 7) is 6.15. The van der Waals surface area contributed by atoms with E-state index in [-0.39, 0.29) is 16.9 Å². The van der Waals surface area contributed by atoms with Crippen LogP contribution < -0.4 is 15.4 Å². The molecule has 1 saturated heterocycles. The largest absolute Gasteiger partial charge is 0.494 e. The van der Waals surface area contributed by atoms with Gasteiger partial charge in [0.1, 0.15) is 11.6 Å². The van der Waals surface area contributed by atoms with Gasteiger partial charge in [-0.3, -0.25) is 9.59 Å². The van der Waals surface area contributed by atoms with Gasteiger partial charge in [0.25, 0.3) is 11.8 Å². The normalized spacial score (nSPS) is 14.8. The third kappa shape index (κ3) is 5.89. The average Bonchev–Trinajstić information content (AvgIpc) is 3.23. The first-order valence-corrected chi connectivity index (χ1v) is 12.5. The number of thiophene rings is 1. The second-order valence-corrected chi connectivity index (χ2v) is 9.67. The number of aryl methyl sites for hydroxylation is 1. The maximum absolute atomic E-state index is 13.4. The number of hydrogen-bond acceptors (Lipinski definition) is 5. The molecule has 1 aromatic heterocycles. The van der Waals surface area contributed by atoms with Gasteiger partial charge in [-0.15, -0.1) is 11.3 Å². The van der Waals surface area contributed by atoms with E-state index < -0.39 is 11.7 Å². The third-order valence-electron chi connectivity index (χ3n) is 6.26. The van der Waals surface area contributed by atoms with Crippen LogP contribution in [0.1, 0.15) is 50.9 Å². The maximum Gasteiger partial charge on any atom is 0.261 e. The summed E-state index contributed by atoms with van der Waals surface area (Å²) in [5.74, 6) is -0.260. The molecule has 1 aliphatic rings. The molecule has 1 fully saturated rings. The number of amides is 2. The number of benzene rings is 2. The Kier molecular flexibility index (Phi) is 7.83. The minimum Gasteiger partial charge on any atom is -0.494 e. The lowest BCUT2D eigenvalue weighted by atomic mass is 9.74. The monoisotopic (exact) mass is 496 g/mol. The molecule has 2 N–H and O–H groups in total. The summed E-state index contributed by atoms with van der Waals surface area (Å²) in [6, 6.07) is 15.3. The summed E-state index contributed by atoms with van der Waals surface area (Å²) in [7, 11) is 0. The molecule has 2 amide bonds. The van der Waals surface area contributed by atoms with E-state index in [1.165, 1.54) is 29.5 Å². The average molecular weight is 497 g/mol. The number of halogens is 1. The predicted octanol–water partition coefficient (Wildman–Crippen LogP) is 5.32. The first-order chi connectivity index (χ1) is 16.9. The fourth-order valence-electron chi connectivity index (χ4n) is 4.31. The molecule has 2 aromatic carbocycles. The van der Waals surface area contributed by atoms with Gasteiger partial charge in [0.15, 0.2) is 0 Å². The summed E-state index contributed by atoms with van der Waals surface area (Å²) in [5, 5.41) is 6.41. The minimum atomic E-state index is -0.477. The van der Waals surface area contributed by atoms with Gasteiger partial charge in [-0.05, 0) is 74.2 Å². The van der Waals surface area contributed by atoms with Crippen molar-refractivity contribution in [1.82, 2.24) is 5.32 Å². The molecule has 0 unspecified atom stereocenters. The first kappa shape index (κ1) is 24.9. The van der Waals surface area contributed by atoms with Gasteiger partial charge in [-0.25, -0.2) is 4.39 Å². The highest BCUT2D eigenvalue weighted by Gasteiger charge is 2.35. The fraction of sp³-hybridized carbons (Fsp3) is 0.333. The van der Waals surface area contributed by atoms with E-state index in [4.69, 9.17) is 9.47 Å². The smallest absolute Gasteiger partial charge is 0.261 e. The van der Waals surface area contributed by atoms with Crippen molar-refractivity contribution in [2.24, 2.45) is 0 Å². The fourth-order valence-corrected chi connectivity index (χ4v) is 5.30. The topological polar surface area (TPSA) is 76.7 Å². The molecule has 8 heteroatoms. The van der Waals surface area contributed by atoms with Crippen LogP contribution in [0.2, 0.25) is 0 Å². The Balaban J connectivity index is 1.45. The number of anilines is 1. The van der Waals surface area contributed by atoms with Crippen LogP contribution in [-0.4, -0.2) is 38.2 Å². The van der Waals surface area contributed by atoms with Crippen LogP contribution in [0, 0.1) is 12.7 Å². The van der Waals surface area contributed by atoms with E-state index in [1.54, 1.807) is 12.1 Å².